The van der Waals surface area contributed by atoms with Gasteiger partial charge in [0.25, 0.3) is 5.56 Å². The third-order valence-corrected chi connectivity index (χ3v) is 4.71. The summed E-state index contributed by atoms with van der Waals surface area (Å²) >= 11 is 2.96. The number of rotatable bonds is 1. The Kier molecular flexibility index (Phi) is 3.69. The molecule has 0 aromatic carbocycles. The third-order valence-electron chi connectivity index (χ3n) is 3.16. The molecular formula is C9H10BrN2O8P. The highest BCUT2D eigenvalue weighted by Crippen LogP contribution is 2.52. The minimum Gasteiger partial charge on any atom is -0.386 e. The van der Waals surface area contributed by atoms with Crippen LogP contribution in [-0.2, 0) is 18.3 Å². The largest absolute Gasteiger partial charge is 0.472 e. The number of aliphatic hydroxyl groups is 1. The second kappa shape index (κ2) is 5.13. The number of hydrogen-bond acceptors (Lipinski definition) is 7. The molecule has 2 aliphatic rings. The van der Waals surface area contributed by atoms with Crippen molar-refractivity contribution in [2.75, 3.05) is 6.61 Å². The van der Waals surface area contributed by atoms with E-state index < -0.39 is 43.6 Å². The van der Waals surface area contributed by atoms with Gasteiger partial charge in [0.2, 0.25) is 0 Å². The smallest absolute Gasteiger partial charge is 0.386 e. The fraction of sp³-hybridized carbons (Fsp3) is 0.556. The Morgan fingerprint density at radius 2 is 2.19 bits per heavy atom. The van der Waals surface area contributed by atoms with Crippen LogP contribution in [0.5, 0.6) is 0 Å². The third kappa shape index (κ3) is 2.66. The number of ether oxygens (including phenoxy) is 1. The van der Waals surface area contributed by atoms with Gasteiger partial charge in [-0.05, 0) is 15.9 Å². The molecule has 21 heavy (non-hydrogen) atoms. The van der Waals surface area contributed by atoms with Crippen LogP contribution in [0.1, 0.15) is 6.23 Å². The van der Waals surface area contributed by atoms with Gasteiger partial charge in [-0.25, -0.2) is 9.36 Å². The number of hydrogen-bond donors (Lipinski definition) is 3. The van der Waals surface area contributed by atoms with Crippen LogP contribution in [0.4, 0.5) is 0 Å². The fourth-order valence-electron chi connectivity index (χ4n) is 2.22. The Morgan fingerprint density at radius 3 is 2.90 bits per heavy atom. The van der Waals surface area contributed by atoms with Crippen LogP contribution in [0.2, 0.25) is 0 Å². The van der Waals surface area contributed by atoms with Gasteiger partial charge in [0.05, 0.1) is 11.1 Å². The normalized spacial score (nSPS) is 39.2. The second-order valence-corrected chi connectivity index (χ2v) is 6.79. The van der Waals surface area contributed by atoms with Gasteiger partial charge in [0, 0.05) is 6.20 Å². The molecule has 12 heteroatoms. The zero-order valence-corrected chi connectivity index (χ0v) is 12.7. The Balaban J connectivity index is 1.95. The zero-order chi connectivity index (χ0) is 15.4. The van der Waals surface area contributed by atoms with Gasteiger partial charge in [0.1, 0.15) is 18.3 Å². The summed E-state index contributed by atoms with van der Waals surface area (Å²) in [5, 5.41) is 10.1. The molecule has 3 N–H and O–H groups in total. The molecule has 3 rings (SSSR count). The first-order chi connectivity index (χ1) is 9.78. The maximum atomic E-state index is 11.8. The number of H-pyrrole nitrogens is 1. The summed E-state index contributed by atoms with van der Waals surface area (Å²) in [5.74, 6) is 0. The lowest BCUT2D eigenvalue weighted by Crippen LogP contribution is -2.40. The Bertz CT molecular complexity index is 731. The number of nitrogens with one attached hydrogen (secondary N) is 1. The van der Waals surface area contributed by atoms with Crippen molar-refractivity contribution in [3.8, 4) is 0 Å². The number of nitrogens with zero attached hydrogens (tertiary/aromatic N) is 1. The Labute approximate surface area is 125 Å². The van der Waals surface area contributed by atoms with Gasteiger partial charge in [-0.1, -0.05) is 0 Å². The summed E-state index contributed by atoms with van der Waals surface area (Å²) in [7, 11) is -4.24. The molecule has 0 amide bonds. The van der Waals surface area contributed by atoms with Crippen molar-refractivity contribution in [2.24, 2.45) is 0 Å². The quantitative estimate of drug-likeness (QED) is 0.527. The number of phosphoric acid groups is 1. The molecule has 1 aromatic heterocycles. The SMILES string of the molecule is O=c1[nH]c(=O)n([C@@H]2OC3COP(=O)(O)OC3[C@H]2O)cc1Br. The number of aliphatic hydroxyl groups excluding tert-OH is 1. The number of phosphoric ester groups is 1. The van der Waals surface area contributed by atoms with E-state index in [0.717, 1.165) is 10.8 Å². The molecule has 3 heterocycles. The molecule has 3 unspecified atom stereocenters. The second-order valence-electron chi connectivity index (χ2n) is 4.53. The van der Waals surface area contributed by atoms with E-state index in [9.17, 15) is 24.2 Å². The lowest BCUT2D eigenvalue weighted by atomic mass is 10.1. The topological polar surface area (TPSA) is 140 Å². The van der Waals surface area contributed by atoms with Crippen LogP contribution >= 0.6 is 23.8 Å². The van der Waals surface area contributed by atoms with E-state index in [1.807, 2.05) is 4.98 Å². The Hall–Kier alpha value is -0.810. The molecule has 0 aliphatic carbocycles. The van der Waals surface area contributed by atoms with Crippen molar-refractivity contribution >= 4 is 23.8 Å². The predicted molar refractivity (Wildman–Crippen MR) is 69.6 cm³/mol. The van der Waals surface area contributed by atoms with E-state index in [0.29, 0.717) is 0 Å². The van der Waals surface area contributed by atoms with Crippen LogP contribution in [0.25, 0.3) is 0 Å². The highest BCUT2D eigenvalue weighted by atomic mass is 79.9. The first kappa shape index (κ1) is 15.1. The van der Waals surface area contributed by atoms with Crippen molar-refractivity contribution in [3.63, 3.8) is 0 Å². The number of aromatic nitrogens is 2. The summed E-state index contributed by atoms with van der Waals surface area (Å²) in [4.78, 5) is 34.4. The van der Waals surface area contributed by atoms with Crippen LogP contribution in [0.3, 0.4) is 0 Å². The first-order valence-electron chi connectivity index (χ1n) is 5.79. The predicted octanol–water partition coefficient (Wildman–Crippen LogP) is -0.927. The molecular weight excluding hydrogens is 375 g/mol. The maximum absolute atomic E-state index is 11.8. The lowest BCUT2D eigenvalue weighted by Gasteiger charge is -2.27. The minimum atomic E-state index is -4.24. The van der Waals surface area contributed by atoms with Gasteiger partial charge in [-0.2, -0.15) is 0 Å². The molecule has 0 radical (unpaired) electrons. The van der Waals surface area contributed by atoms with Crippen molar-refractivity contribution in [3.05, 3.63) is 31.5 Å². The molecule has 0 saturated carbocycles. The van der Waals surface area contributed by atoms with E-state index in [4.69, 9.17) is 9.26 Å². The summed E-state index contributed by atoms with van der Waals surface area (Å²) in [6, 6.07) is 0. The fourth-order valence-corrected chi connectivity index (χ4v) is 3.50. The molecule has 2 aliphatic heterocycles. The molecule has 116 valence electrons. The summed E-state index contributed by atoms with van der Waals surface area (Å²) in [6.07, 6.45) is -3.32. The standard InChI is InChI=1S/C9H10BrN2O8P/c10-3-1-12(9(15)11-7(3)14)8-5(13)6-4(19-8)2-18-21(16,17)20-6/h1,4-6,8,13H,2H2,(H,16,17)(H,11,14,15)/t4?,5-,6?,8-/m1/s1. The highest BCUT2D eigenvalue weighted by molar-refractivity contribution is 9.10. The Morgan fingerprint density at radius 1 is 1.48 bits per heavy atom. The van der Waals surface area contributed by atoms with Gasteiger partial charge in [0.15, 0.2) is 6.23 Å². The molecule has 2 saturated heterocycles. The van der Waals surface area contributed by atoms with Gasteiger partial charge < -0.3 is 14.7 Å². The van der Waals surface area contributed by atoms with Crippen molar-refractivity contribution in [2.45, 2.75) is 24.5 Å². The van der Waals surface area contributed by atoms with E-state index in [1.54, 1.807) is 0 Å². The highest BCUT2D eigenvalue weighted by Gasteiger charge is 2.52. The molecule has 5 atom stereocenters. The average molecular weight is 385 g/mol. The van der Waals surface area contributed by atoms with E-state index in [2.05, 4.69) is 20.5 Å². The summed E-state index contributed by atoms with van der Waals surface area (Å²) in [5.41, 5.74) is -1.42. The minimum absolute atomic E-state index is 0.0674. The van der Waals surface area contributed by atoms with E-state index in [-0.39, 0.29) is 11.1 Å². The maximum Gasteiger partial charge on any atom is 0.472 e. The summed E-state index contributed by atoms with van der Waals surface area (Å²) in [6.45, 7) is -0.259. The average Bonchev–Trinajstić information content (AvgIpc) is 2.70. The van der Waals surface area contributed by atoms with E-state index in [1.165, 1.54) is 0 Å². The van der Waals surface area contributed by atoms with Crippen LogP contribution < -0.4 is 11.2 Å². The number of fused-ring (bicyclic) bond motifs is 1. The molecule has 2 fully saturated rings. The van der Waals surface area contributed by atoms with E-state index >= 15 is 0 Å². The van der Waals surface area contributed by atoms with Gasteiger partial charge >= 0.3 is 13.5 Å². The molecule has 1 aromatic rings. The number of aromatic amines is 1. The monoisotopic (exact) mass is 384 g/mol. The lowest BCUT2D eigenvalue weighted by molar-refractivity contribution is -0.0686. The van der Waals surface area contributed by atoms with Crippen LogP contribution in [0.15, 0.2) is 20.3 Å². The van der Waals surface area contributed by atoms with Gasteiger partial charge in [-0.3, -0.25) is 23.4 Å². The molecule has 0 bridgehead atoms. The van der Waals surface area contributed by atoms with Gasteiger partial charge in [-0.15, -0.1) is 0 Å². The van der Waals surface area contributed by atoms with Crippen molar-refractivity contribution in [1.29, 1.82) is 0 Å². The van der Waals surface area contributed by atoms with Crippen molar-refractivity contribution in [1.82, 2.24) is 9.55 Å². The van der Waals surface area contributed by atoms with Crippen LogP contribution in [0, 0.1) is 0 Å². The van der Waals surface area contributed by atoms with Crippen molar-refractivity contribution < 1.29 is 28.3 Å². The molecule has 0 spiro atoms. The first-order valence-corrected chi connectivity index (χ1v) is 8.07. The zero-order valence-electron chi connectivity index (χ0n) is 10.2. The summed E-state index contributed by atoms with van der Waals surface area (Å²) < 4.78 is 27.2. The molecule has 10 nitrogen and oxygen atoms in total. The van der Waals surface area contributed by atoms with Crippen LogP contribution in [-0.4, -0.2) is 44.5 Å². The number of halogens is 1.